The van der Waals surface area contributed by atoms with Crippen molar-refractivity contribution in [2.45, 2.75) is 6.42 Å². The first-order valence-electron chi connectivity index (χ1n) is 7.22. The van der Waals surface area contributed by atoms with Gasteiger partial charge >= 0.3 is 0 Å². The highest BCUT2D eigenvalue weighted by atomic mass is 35.5. The molecule has 3 rings (SSSR count). The number of anilines is 1. The summed E-state index contributed by atoms with van der Waals surface area (Å²) < 4.78 is 0. The Labute approximate surface area is 141 Å². The Morgan fingerprint density at radius 1 is 1.25 bits per heavy atom. The number of nitrogens with two attached hydrogens (primary N) is 1. The van der Waals surface area contributed by atoms with E-state index in [1.807, 2.05) is 12.1 Å². The SMILES string of the molecule is Nc1cc(=O)[nH]c(CCNC(=O)c2ccc3cccc(Cl)c3n2)n1. The molecule has 24 heavy (non-hydrogen) atoms. The molecule has 0 aliphatic rings. The smallest absolute Gasteiger partial charge is 0.269 e. The third-order valence-corrected chi connectivity index (χ3v) is 3.67. The summed E-state index contributed by atoms with van der Waals surface area (Å²) in [6.07, 6.45) is 0.348. The van der Waals surface area contributed by atoms with Crippen LogP contribution in [0.15, 0.2) is 41.2 Å². The van der Waals surface area contributed by atoms with Crippen LogP contribution < -0.4 is 16.6 Å². The number of amides is 1. The van der Waals surface area contributed by atoms with Crippen LogP contribution in [0.3, 0.4) is 0 Å². The van der Waals surface area contributed by atoms with Gasteiger partial charge in [-0.05, 0) is 12.1 Å². The molecule has 0 radical (unpaired) electrons. The van der Waals surface area contributed by atoms with Crippen LogP contribution in [0.5, 0.6) is 0 Å². The van der Waals surface area contributed by atoms with E-state index >= 15 is 0 Å². The van der Waals surface area contributed by atoms with Crippen molar-refractivity contribution >= 4 is 34.2 Å². The van der Waals surface area contributed by atoms with Crippen molar-refractivity contribution in [2.75, 3.05) is 12.3 Å². The highest BCUT2D eigenvalue weighted by Gasteiger charge is 2.09. The molecular weight excluding hydrogens is 330 g/mol. The summed E-state index contributed by atoms with van der Waals surface area (Å²) in [6, 6.07) is 10.0. The molecule has 0 atom stereocenters. The minimum absolute atomic E-state index is 0.144. The normalized spacial score (nSPS) is 10.7. The minimum Gasteiger partial charge on any atom is -0.383 e. The van der Waals surface area contributed by atoms with Gasteiger partial charge in [-0.15, -0.1) is 0 Å². The van der Waals surface area contributed by atoms with Gasteiger partial charge in [0.1, 0.15) is 17.3 Å². The van der Waals surface area contributed by atoms with Gasteiger partial charge in [0.15, 0.2) is 0 Å². The molecule has 4 N–H and O–H groups in total. The Hall–Kier alpha value is -2.93. The fraction of sp³-hybridized carbons (Fsp3) is 0.125. The molecule has 8 heteroatoms. The molecule has 0 saturated heterocycles. The average Bonchev–Trinajstić information content (AvgIpc) is 2.54. The van der Waals surface area contributed by atoms with Crippen molar-refractivity contribution in [3.05, 3.63) is 63.3 Å². The second-order valence-corrected chi connectivity index (χ2v) is 5.54. The summed E-state index contributed by atoms with van der Waals surface area (Å²) in [5, 5.41) is 4.07. The Morgan fingerprint density at radius 2 is 2.08 bits per heavy atom. The number of para-hydroxylation sites is 1. The second-order valence-electron chi connectivity index (χ2n) is 5.13. The molecule has 1 amide bonds. The molecule has 0 bridgehead atoms. The number of rotatable bonds is 4. The number of halogens is 1. The minimum atomic E-state index is -0.330. The lowest BCUT2D eigenvalue weighted by Gasteiger charge is -2.06. The topological polar surface area (TPSA) is 114 Å². The number of carbonyl (C=O) groups is 1. The highest BCUT2D eigenvalue weighted by Crippen LogP contribution is 2.21. The molecule has 122 valence electrons. The van der Waals surface area contributed by atoms with Crippen LogP contribution in [-0.2, 0) is 6.42 Å². The summed E-state index contributed by atoms with van der Waals surface area (Å²) >= 11 is 6.10. The lowest BCUT2D eigenvalue weighted by Crippen LogP contribution is -2.27. The fourth-order valence-electron chi connectivity index (χ4n) is 2.27. The molecular formula is C16H14ClN5O2. The summed E-state index contributed by atoms with van der Waals surface area (Å²) in [5.74, 6) is 0.226. The van der Waals surface area contributed by atoms with Crippen molar-refractivity contribution in [1.82, 2.24) is 20.3 Å². The number of nitrogens with one attached hydrogen (secondary N) is 2. The largest absolute Gasteiger partial charge is 0.383 e. The maximum absolute atomic E-state index is 12.2. The Bertz CT molecular complexity index is 970. The number of hydrogen-bond donors (Lipinski definition) is 3. The number of aromatic amines is 1. The van der Waals surface area contributed by atoms with Crippen LogP contribution in [0.4, 0.5) is 5.82 Å². The van der Waals surface area contributed by atoms with Crippen molar-refractivity contribution in [3.8, 4) is 0 Å². The number of benzene rings is 1. The molecule has 0 saturated carbocycles. The number of carbonyl (C=O) groups excluding carboxylic acids is 1. The number of H-pyrrole nitrogens is 1. The van der Waals surface area contributed by atoms with Gasteiger partial charge in [-0.1, -0.05) is 29.8 Å². The van der Waals surface area contributed by atoms with E-state index in [0.717, 1.165) is 5.39 Å². The van der Waals surface area contributed by atoms with Crippen LogP contribution in [0, 0.1) is 0 Å². The molecule has 0 aliphatic carbocycles. The number of nitrogen functional groups attached to an aromatic ring is 1. The quantitative estimate of drug-likeness (QED) is 0.664. The summed E-state index contributed by atoms with van der Waals surface area (Å²) in [5.41, 5.74) is 6.03. The molecule has 2 heterocycles. The van der Waals surface area contributed by atoms with Crippen molar-refractivity contribution < 1.29 is 4.79 Å². The van der Waals surface area contributed by atoms with E-state index < -0.39 is 0 Å². The Balaban J connectivity index is 1.69. The zero-order valence-electron chi connectivity index (χ0n) is 12.5. The van der Waals surface area contributed by atoms with E-state index in [1.165, 1.54) is 6.07 Å². The highest BCUT2D eigenvalue weighted by molar-refractivity contribution is 6.35. The molecule has 1 aromatic carbocycles. The van der Waals surface area contributed by atoms with Crippen LogP contribution in [0.25, 0.3) is 10.9 Å². The standard InChI is InChI=1S/C16H14ClN5O2/c17-10-3-1-2-9-4-5-11(20-15(9)10)16(24)19-7-6-13-21-12(18)8-14(23)22-13/h1-5,8H,6-7H2,(H,19,24)(H3,18,21,22,23). The average molecular weight is 344 g/mol. The van der Waals surface area contributed by atoms with Gasteiger partial charge in [0.25, 0.3) is 11.5 Å². The lowest BCUT2D eigenvalue weighted by atomic mass is 10.2. The molecule has 0 spiro atoms. The van der Waals surface area contributed by atoms with Crippen molar-refractivity contribution in [3.63, 3.8) is 0 Å². The number of aromatic nitrogens is 3. The molecule has 0 unspecified atom stereocenters. The van der Waals surface area contributed by atoms with Gasteiger partial charge < -0.3 is 16.0 Å². The van der Waals surface area contributed by atoms with Gasteiger partial charge in [0.05, 0.1) is 10.5 Å². The van der Waals surface area contributed by atoms with Crippen LogP contribution in [0.2, 0.25) is 5.02 Å². The first-order chi connectivity index (χ1) is 11.5. The summed E-state index contributed by atoms with van der Waals surface area (Å²) in [4.78, 5) is 34.3. The maximum atomic E-state index is 12.2. The molecule has 7 nitrogen and oxygen atoms in total. The predicted octanol–water partition coefficient (Wildman–Crippen LogP) is 1.53. The summed E-state index contributed by atoms with van der Waals surface area (Å²) in [7, 11) is 0. The van der Waals surface area contributed by atoms with Crippen LogP contribution in [-0.4, -0.2) is 27.4 Å². The van der Waals surface area contributed by atoms with Crippen molar-refractivity contribution in [1.29, 1.82) is 0 Å². The number of fused-ring (bicyclic) bond motifs is 1. The Kier molecular flexibility index (Phi) is 4.43. The van der Waals surface area contributed by atoms with Gasteiger partial charge in [-0.3, -0.25) is 9.59 Å². The van der Waals surface area contributed by atoms with Crippen LogP contribution in [0.1, 0.15) is 16.3 Å². The number of pyridine rings is 1. The fourth-order valence-corrected chi connectivity index (χ4v) is 2.49. The van der Waals surface area contributed by atoms with Crippen LogP contribution >= 0.6 is 11.6 Å². The van der Waals surface area contributed by atoms with E-state index in [-0.39, 0.29) is 29.5 Å². The van der Waals surface area contributed by atoms with E-state index in [9.17, 15) is 9.59 Å². The molecule has 0 fully saturated rings. The third-order valence-electron chi connectivity index (χ3n) is 3.36. The monoisotopic (exact) mass is 343 g/mol. The zero-order chi connectivity index (χ0) is 17.1. The van der Waals surface area contributed by atoms with Gasteiger partial charge in [-0.25, -0.2) is 9.97 Å². The lowest BCUT2D eigenvalue weighted by molar-refractivity contribution is 0.0949. The van der Waals surface area contributed by atoms with E-state index in [2.05, 4.69) is 20.3 Å². The van der Waals surface area contributed by atoms with Crippen molar-refractivity contribution in [2.24, 2.45) is 0 Å². The third kappa shape index (κ3) is 3.52. The second kappa shape index (κ2) is 6.67. The maximum Gasteiger partial charge on any atom is 0.269 e. The van der Waals surface area contributed by atoms with E-state index in [4.69, 9.17) is 17.3 Å². The van der Waals surface area contributed by atoms with Gasteiger partial charge in [0, 0.05) is 24.4 Å². The molecule has 3 aromatic rings. The van der Waals surface area contributed by atoms with E-state index in [1.54, 1.807) is 18.2 Å². The van der Waals surface area contributed by atoms with E-state index in [0.29, 0.717) is 22.8 Å². The first-order valence-corrected chi connectivity index (χ1v) is 7.60. The summed E-state index contributed by atoms with van der Waals surface area (Å²) in [6.45, 7) is 0.285. The number of hydrogen-bond acceptors (Lipinski definition) is 5. The predicted molar refractivity (Wildman–Crippen MR) is 92.1 cm³/mol. The Morgan fingerprint density at radius 3 is 2.88 bits per heavy atom. The zero-order valence-corrected chi connectivity index (χ0v) is 13.3. The van der Waals surface area contributed by atoms with Gasteiger partial charge in [0.2, 0.25) is 0 Å². The first kappa shape index (κ1) is 15.9. The molecule has 0 aliphatic heterocycles. The number of nitrogens with zero attached hydrogens (tertiary/aromatic N) is 2. The molecule has 2 aromatic heterocycles. The van der Waals surface area contributed by atoms with Gasteiger partial charge in [-0.2, -0.15) is 0 Å².